The summed E-state index contributed by atoms with van der Waals surface area (Å²) in [6.45, 7) is 9.26. The van der Waals surface area contributed by atoms with Crippen molar-refractivity contribution in [2.45, 2.75) is 64.6 Å². The second kappa shape index (κ2) is 10.9. The van der Waals surface area contributed by atoms with Gasteiger partial charge in [0.25, 0.3) is 0 Å². The van der Waals surface area contributed by atoms with E-state index in [0.717, 1.165) is 34.9 Å². The molecule has 3 aromatic rings. The van der Waals surface area contributed by atoms with Gasteiger partial charge < -0.3 is 9.64 Å². The highest BCUT2D eigenvalue weighted by atomic mass is 35.5. The molecule has 2 aliphatic heterocycles. The number of benzene rings is 2. The van der Waals surface area contributed by atoms with E-state index in [1.165, 1.54) is 5.57 Å². The number of carbonyl (C=O) groups is 2. The van der Waals surface area contributed by atoms with Crippen LogP contribution in [0.25, 0.3) is 16.5 Å². The fraction of sp³-hybridized carbons (Fsp3) is 0.433. The van der Waals surface area contributed by atoms with Crippen LogP contribution in [-0.2, 0) is 9.53 Å². The number of fused-ring (bicyclic) bond motifs is 1. The van der Waals surface area contributed by atoms with Gasteiger partial charge in [0.05, 0.1) is 17.8 Å². The van der Waals surface area contributed by atoms with E-state index in [-0.39, 0.29) is 11.9 Å². The number of halogens is 2. The molecule has 0 aliphatic carbocycles. The molecule has 1 aromatic heterocycles. The Bertz CT molecular complexity index is 1440. The van der Waals surface area contributed by atoms with Crippen molar-refractivity contribution in [3.05, 3.63) is 69.8 Å². The molecular formula is C30H34Cl2N4O3. The quantitative estimate of drug-likeness (QED) is 0.341. The van der Waals surface area contributed by atoms with E-state index in [9.17, 15) is 9.59 Å². The van der Waals surface area contributed by atoms with Gasteiger partial charge in [0.1, 0.15) is 11.6 Å². The first-order valence-electron chi connectivity index (χ1n) is 13.4. The first kappa shape index (κ1) is 27.5. The summed E-state index contributed by atoms with van der Waals surface area (Å²) in [5.74, 6) is -0.00384. The van der Waals surface area contributed by atoms with Crippen LogP contribution in [0.2, 0.25) is 10.0 Å². The number of hydrogen-bond acceptors (Lipinski definition) is 4. The fourth-order valence-corrected chi connectivity index (χ4v) is 5.99. The molecule has 206 valence electrons. The number of carbonyl (C=O) groups excluding carboxylic acids is 2. The van der Waals surface area contributed by atoms with Gasteiger partial charge >= 0.3 is 6.09 Å². The molecule has 2 aliphatic rings. The Kier molecular flexibility index (Phi) is 7.66. The first-order valence-corrected chi connectivity index (χ1v) is 14.2. The number of ether oxygens (including phenoxy) is 1. The third-order valence-corrected chi connectivity index (χ3v) is 8.00. The van der Waals surface area contributed by atoms with Crippen LogP contribution in [-0.4, -0.2) is 62.9 Å². The Morgan fingerprint density at radius 3 is 2.59 bits per heavy atom. The van der Waals surface area contributed by atoms with Gasteiger partial charge in [-0.2, -0.15) is 5.10 Å². The maximum atomic E-state index is 13.4. The maximum absolute atomic E-state index is 13.4. The van der Waals surface area contributed by atoms with Crippen LogP contribution in [0, 0.1) is 0 Å². The molecule has 2 amide bonds. The fourth-order valence-electron chi connectivity index (χ4n) is 5.42. The molecule has 9 heteroatoms. The van der Waals surface area contributed by atoms with Gasteiger partial charge in [-0.1, -0.05) is 47.5 Å². The molecule has 1 saturated heterocycles. The molecule has 2 aromatic carbocycles. The Labute approximate surface area is 239 Å². The highest BCUT2D eigenvalue weighted by molar-refractivity contribution is 6.35. The highest BCUT2D eigenvalue weighted by Crippen LogP contribution is 2.32. The van der Waals surface area contributed by atoms with Gasteiger partial charge in [-0.3, -0.25) is 14.4 Å². The number of amides is 2. The number of likely N-dealkylation sites (tertiary alicyclic amines) is 1. The van der Waals surface area contributed by atoms with Gasteiger partial charge in [-0.05, 0) is 81.9 Å². The van der Waals surface area contributed by atoms with E-state index >= 15 is 0 Å². The van der Waals surface area contributed by atoms with Crippen LogP contribution < -0.4 is 0 Å². The number of aromatic nitrogens is 2. The summed E-state index contributed by atoms with van der Waals surface area (Å²) in [5, 5.41) is 6.92. The molecular weight excluding hydrogens is 535 g/mol. The summed E-state index contributed by atoms with van der Waals surface area (Å²) < 4.78 is 7.53. The van der Waals surface area contributed by atoms with Crippen molar-refractivity contribution in [1.29, 1.82) is 0 Å². The van der Waals surface area contributed by atoms with Crippen molar-refractivity contribution in [2.24, 2.45) is 0 Å². The standard InChI is InChI=1S/C30H34Cl2N4O3/c1-19(24-10-9-23(31)17-25(24)32)36-27-16-21(7-8-22(27)18-33-36)20-11-14-34(15-12-20)28(37)26-6-5-13-35(26)29(38)39-30(2,3)4/h7-11,16-19,26H,5-6,12-15H2,1-4H3/t19-,26-/m1/s1. The lowest BCUT2D eigenvalue weighted by atomic mass is 9.98. The molecule has 0 bridgehead atoms. The van der Waals surface area contributed by atoms with Crippen molar-refractivity contribution >= 4 is 51.7 Å². The van der Waals surface area contributed by atoms with Gasteiger partial charge in [0.15, 0.2) is 0 Å². The summed E-state index contributed by atoms with van der Waals surface area (Å²) in [6, 6.07) is 11.4. The molecule has 7 nitrogen and oxygen atoms in total. The lowest BCUT2D eigenvalue weighted by Gasteiger charge is -2.33. The zero-order chi connectivity index (χ0) is 27.9. The van der Waals surface area contributed by atoms with Gasteiger partial charge in [-0.25, -0.2) is 4.79 Å². The third-order valence-electron chi connectivity index (χ3n) is 7.44. The largest absolute Gasteiger partial charge is 0.444 e. The number of hydrogen-bond donors (Lipinski definition) is 0. The van der Waals surface area contributed by atoms with E-state index in [2.05, 4.69) is 36.3 Å². The van der Waals surface area contributed by atoms with Crippen molar-refractivity contribution in [2.75, 3.05) is 19.6 Å². The van der Waals surface area contributed by atoms with Crippen LogP contribution in [0.1, 0.15) is 64.1 Å². The van der Waals surface area contributed by atoms with E-state index in [0.29, 0.717) is 36.1 Å². The summed E-state index contributed by atoms with van der Waals surface area (Å²) in [6.07, 6.45) is 5.79. The van der Waals surface area contributed by atoms with Crippen LogP contribution in [0.5, 0.6) is 0 Å². The van der Waals surface area contributed by atoms with Crippen molar-refractivity contribution in [1.82, 2.24) is 19.6 Å². The molecule has 3 heterocycles. The zero-order valence-corrected chi connectivity index (χ0v) is 24.3. The Hall–Kier alpha value is -3.03. The highest BCUT2D eigenvalue weighted by Gasteiger charge is 2.38. The number of nitrogens with zero attached hydrogens (tertiary/aromatic N) is 4. The second-order valence-electron chi connectivity index (χ2n) is 11.3. The maximum Gasteiger partial charge on any atom is 0.410 e. The molecule has 0 saturated carbocycles. The third kappa shape index (κ3) is 5.80. The van der Waals surface area contributed by atoms with Gasteiger partial charge in [0.2, 0.25) is 5.91 Å². The molecule has 5 rings (SSSR count). The zero-order valence-electron chi connectivity index (χ0n) is 22.8. The lowest BCUT2D eigenvalue weighted by Crippen LogP contribution is -2.49. The van der Waals surface area contributed by atoms with Gasteiger partial charge in [0, 0.05) is 35.1 Å². The second-order valence-corrected chi connectivity index (χ2v) is 12.1. The summed E-state index contributed by atoms with van der Waals surface area (Å²) >= 11 is 12.6. The van der Waals surface area contributed by atoms with Crippen LogP contribution >= 0.6 is 23.2 Å². The number of rotatable bonds is 4. The monoisotopic (exact) mass is 568 g/mol. The summed E-state index contributed by atoms with van der Waals surface area (Å²) in [7, 11) is 0. The van der Waals surface area contributed by atoms with Crippen LogP contribution in [0.15, 0.2) is 48.7 Å². The normalized spacial score (nSPS) is 18.8. The summed E-state index contributed by atoms with van der Waals surface area (Å²) in [4.78, 5) is 29.5. The minimum Gasteiger partial charge on any atom is -0.444 e. The molecule has 0 spiro atoms. The SMILES string of the molecule is C[C@H](c1ccc(Cl)cc1Cl)n1ncc2ccc(C3=CCN(C(=O)[C@H]4CCCN4C(=O)OC(C)(C)C)CC3)cc21. The van der Waals surface area contributed by atoms with Crippen LogP contribution in [0.4, 0.5) is 4.79 Å². The predicted molar refractivity (Wildman–Crippen MR) is 155 cm³/mol. The Morgan fingerprint density at radius 2 is 1.90 bits per heavy atom. The van der Waals surface area contributed by atoms with Gasteiger partial charge in [-0.15, -0.1) is 0 Å². The topological polar surface area (TPSA) is 67.7 Å². The van der Waals surface area contributed by atoms with E-state index < -0.39 is 17.7 Å². The van der Waals surface area contributed by atoms with Crippen molar-refractivity contribution in [3.8, 4) is 0 Å². The van der Waals surface area contributed by atoms with E-state index in [1.54, 1.807) is 11.0 Å². The molecule has 0 unspecified atom stereocenters. The minimum atomic E-state index is -0.592. The average molecular weight is 570 g/mol. The molecule has 1 fully saturated rings. The first-order chi connectivity index (χ1) is 18.5. The van der Waals surface area contributed by atoms with Crippen LogP contribution in [0.3, 0.4) is 0 Å². The van der Waals surface area contributed by atoms with Crippen molar-refractivity contribution < 1.29 is 14.3 Å². The molecule has 0 N–H and O–H groups in total. The van der Waals surface area contributed by atoms with E-state index in [4.69, 9.17) is 27.9 Å². The average Bonchev–Trinajstić information content (AvgIpc) is 3.54. The molecule has 2 atom stereocenters. The summed E-state index contributed by atoms with van der Waals surface area (Å²) in [5.41, 5.74) is 3.69. The molecule has 0 radical (unpaired) electrons. The Balaban J connectivity index is 1.32. The lowest BCUT2D eigenvalue weighted by molar-refractivity contribution is -0.135. The smallest absolute Gasteiger partial charge is 0.410 e. The minimum absolute atomic E-state index is 0.00384. The van der Waals surface area contributed by atoms with E-state index in [1.807, 2.05) is 48.7 Å². The predicted octanol–water partition coefficient (Wildman–Crippen LogP) is 6.97. The molecule has 39 heavy (non-hydrogen) atoms. The van der Waals surface area contributed by atoms with Crippen molar-refractivity contribution in [3.63, 3.8) is 0 Å². The Morgan fingerprint density at radius 1 is 1.10 bits per heavy atom.